The van der Waals surface area contributed by atoms with Crippen LogP contribution >= 0.6 is 0 Å². The van der Waals surface area contributed by atoms with Crippen molar-refractivity contribution in [3.8, 4) is 17.2 Å². The normalized spacial score (nSPS) is 12.6. The Morgan fingerprint density at radius 2 is 1.63 bits per heavy atom. The lowest BCUT2D eigenvalue weighted by atomic mass is 10.2. The van der Waals surface area contributed by atoms with Gasteiger partial charge in [-0.05, 0) is 42.0 Å². The van der Waals surface area contributed by atoms with E-state index in [1.807, 2.05) is 30.3 Å². The quantitative estimate of drug-likeness (QED) is 0.701. The Kier molecular flexibility index (Phi) is 4.60. The summed E-state index contributed by atoms with van der Waals surface area (Å²) in [5, 5.41) is 0. The number of sulfonamides is 1. The molecule has 1 aliphatic heterocycles. The zero-order chi connectivity index (χ0) is 18.7. The molecule has 0 saturated carbocycles. The van der Waals surface area contributed by atoms with Gasteiger partial charge >= 0.3 is 0 Å². The fourth-order valence-electron chi connectivity index (χ4n) is 2.62. The molecule has 0 saturated heterocycles. The van der Waals surface area contributed by atoms with E-state index in [-0.39, 0.29) is 11.7 Å². The number of nitrogens with one attached hydrogen (secondary N) is 1. The summed E-state index contributed by atoms with van der Waals surface area (Å²) in [5.41, 5.74) is 1.50. The van der Waals surface area contributed by atoms with E-state index < -0.39 is 10.0 Å². The van der Waals surface area contributed by atoms with Crippen LogP contribution in [0.4, 0.5) is 5.69 Å². The minimum Gasteiger partial charge on any atom is -0.489 e. The molecule has 7 heteroatoms. The topological polar surface area (TPSA) is 73.9 Å². The Morgan fingerprint density at radius 3 is 2.41 bits per heavy atom. The maximum atomic E-state index is 12.6. The summed E-state index contributed by atoms with van der Waals surface area (Å²) >= 11 is 0. The minimum absolute atomic E-state index is 0.0940. The van der Waals surface area contributed by atoms with E-state index in [1.54, 1.807) is 30.3 Å². The minimum atomic E-state index is -3.73. The van der Waals surface area contributed by atoms with Crippen LogP contribution in [-0.4, -0.2) is 15.2 Å². The van der Waals surface area contributed by atoms with Gasteiger partial charge in [-0.2, -0.15) is 0 Å². The molecule has 1 aliphatic rings. The second-order valence-corrected chi connectivity index (χ2v) is 7.60. The van der Waals surface area contributed by atoms with E-state index in [0.717, 1.165) is 5.56 Å². The summed E-state index contributed by atoms with van der Waals surface area (Å²) in [7, 11) is -3.73. The molecular formula is C20H17NO5S. The average Bonchev–Trinajstić information content (AvgIpc) is 3.16. The maximum Gasteiger partial charge on any atom is 0.262 e. The molecule has 0 aliphatic carbocycles. The van der Waals surface area contributed by atoms with E-state index in [1.165, 1.54) is 12.1 Å². The monoisotopic (exact) mass is 383 g/mol. The fourth-order valence-corrected chi connectivity index (χ4v) is 3.69. The summed E-state index contributed by atoms with van der Waals surface area (Å²) in [6, 6.07) is 21.1. The third kappa shape index (κ3) is 3.98. The summed E-state index contributed by atoms with van der Waals surface area (Å²) < 4.78 is 43.8. The molecule has 0 amide bonds. The SMILES string of the molecule is O=S(=O)(Nc1ccc(OCc2ccccc2)cc1)c1ccc2c(c1)OCO2. The van der Waals surface area contributed by atoms with Crippen molar-refractivity contribution in [3.05, 3.63) is 78.4 Å². The fraction of sp³-hybridized carbons (Fsp3) is 0.100. The van der Waals surface area contributed by atoms with Gasteiger partial charge in [0.25, 0.3) is 10.0 Å². The van der Waals surface area contributed by atoms with Crippen LogP contribution in [0.15, 0.2) is 77.7 Å². The third-order valence-corrected chi connectivity index (χ3v) is 5.39. The van der Waals surface area contributed by atoms with E-state index in [9.17, 15) is 8.42 Å². The number of benzene rings is 3. The van der Waals surface area contributed by atoms with E-state index in [2.05, 4.69) is 4.72 Å². The Morgan fingerprint density at radius 1 is 0.889 bits per heavy atom. The van der Waals surface area contributed by atoms with E-state index in [4.69, 9.17) is 14.2 Å². The van der Waals surface area contributed by atoms with Gasteiger partial charge in [0.1, 0.15) is 12.4 Å². The van der Waals surface area contributed by atoms with Crippen molar-refractivity contribution >= 4 is 15.7 Å². The van der Waals surface area contributed by atoms with Gasteiger partial charge < -0.3 is 14.2 Å². The van der Waals surface area contributed by atoms with E-state index in [0.29, 0.717) is 29.5 Å². The number of hydrogen-bond donors (Lipinski definition) is 1. The van der Waals surface area contributed by atoms with Crippen LogP contribution in [0.5, 0.6) is 17.2 Å². The molecule has 1 N–H and O–H groups in total. The van der Waals surface area contributed by atoms with Gasteiger partial charge in [-0.3, -0.25) is 4.72 Å². The lowest BCUT2D eigenvalue weighted by Crippen LogP contribution is -2.12. The Labute approximate surface area is 157 Å². The number of rotatable bonds is 6. The van der Waals surface area contributed by atoms with Crippen molar-refractivity contribution in [2.75, 3.05) is 11.5 Å². The molecule has 0 aromatic heterocycles. The second kappa shape index (κ2) is 7.20. The van der Waals surface area contributed by atoms with Crippen molar-refractivity contribution in [3.63, 3.8) is 0 Å². The van der Waals surface area contributed by atoms with Crippen LogP contribution in [0.2, 0.25) is 0 Å². The zero-order valence-electron chi connectivity index (χ0n) is 14.3. The van der Waals surface area contributed by atoms with Gasteiger partial charge in [0.15, 0.2) is 11.5 Å². The maximum absolute atomic E-state index is 12.6. The molecule has 6 nitrogen and oxygen atoms in total. The highest BCUT2D eigenvalue weighted by molar-refractivity contribution is 7.92. The smallest absolute Gasteiger partial charge is 0.262 e. The molecule has 3 aromatic carbocycles. The lowest BCUT2D eigenvalue weighted by Gasteiger charge is -2.10. The molecular weight excluding hydrogens is 366 g/mol. The van der Waals surface area contributed by atoms with Crippen LogP contribution in [0.25, 0.3) is 0 Å². The van der Waals surface area contributed by atoms with Crippen molar-refractivity contribution in [2.45, 2.75) is 11.5 Å². The van der Waals surface area contributed by atoms with Crippen LogP contribution in [-0.2, 0) is 16.6 Å². The number of fused-ring (bicyclic) bond motifs is 1. The molecule has 0 atom stereocenters. The van der Waals surface area contributed by atoms with Gasteiger partial charge in [-0.15, -0.1) is 0 Å². The number of ether oxygens (including phenoxy) is 3. The van der Waals surface area contributed by atoms with Crippen molar-refractivity contribution < 1.29 is 22.6 Å². The highest BCUT2D eigenvalue weighted by Crippen LogP contribution is 2.34. The molecule has 0 unspecified atom stereocenters. The van der Waals surface area contributed by atoms with Crippen LogP contribution < -0.4 is 18.9 Å². The first-order valence-corrected chi connectivity index (χ1v) is 9.78. The van der Waals surface area contributed by atoms with Crippen LogP contribution in [0.1, 0.15) is 5.56 Å². The zero-order valence-corrected chi connectivity index (χ0v) is 15.1. The first-order chi connectivity index (χ1) is 13.1. The van der Waals surface area contributed by atoms with Crippen LogP contribution in [0, 0.1) is 0 Å². The summed E-state index contributed by atoms with van der Waals surface area (Å²) in [4.78, 5) is 0.108. The standard InChI is InChI=1S/C20H17NO5S/c22-27(23,18-10-11-19-20(12-18)26-14-25-19)21-16-6-8-17(9-7-16)24-13-15-4-2-1-3-5-15/h1-12,21H,13-14H2. The highest BCUT2D eigenvalue weighted by Gasteiger charge is 2.20. The molecule has 1 heterocycles. The lowest BCUT2D eigenvalue weighted by molar-refractivity contribution is 0.174. The molecule has 138 valence electrons. The molecule has 0 fully saturated rings. The summed E-state index contributed by atoms with van der Waals surface area (Å²) in [5.74, 6) is 1.61. The third-order valence-electron chi connectivity index (χ3n) is 4.01. The molecule has 4 rings (SSSR count). The van der Waals surface area contributed by atoms with Crippen molar-refractivity contribution in [1.29, 1.82) is 0 Å². The molecule has 3 aromatic rings. The summed E-state index contributed by atoms with van der Waals surface area (Å²) in [6.45, 7) is 0.541. The molecule has 27 heavy (non-hydrogen) atoms. The molecule has 0 spiro atoms. The largest absolute Gasteiger partial charge is 0.489 e. The highest BCUT2D eigenvalue weighted by atomic mass is 32.2. The van der Waals surface area contributed by atoms with Gasteiger partial charge in [-0.25, -0.2) is 8.42 Å². The number of hydrogen-bond acceptors (Lipinski definition) is 5. The Balaban J connectivity index is 1.43. The number of anilines is 1. The molecule has 0 radical (unpaired) electrons. The van der Waals surface area contributed by atoms with Crippen molar-refractivity contribution in [2.24, 2.45) is 0 Å². The van der Waals surface area contributed by atoms with Gasteiger partial charge in [0.05, 0.1) is 4.90 Å². The summed E-state index contributed by atoms with van der Waals surface area (Å²) in [6.07, 6.45) is 0. The van der Waals surface area contributed by atoms with E-state index >= 15 is 0 Å². The van der Waals surface area contributed by atoms with Crippen molar-refractivity contribution in [1.82, 2.24) is 0 Å². The first kappa shape index (κ1) is 17.2. The Hall–Kier alpha value is -3.19. The predicted octanol–water partition coefficient (Wildman–Crippen LogP) is 3.80. The molecule has 0 bridgehead atoms. The Bertz CT molecular complexity index is 1030. The first-order valence-electron chi connectivity index (χ1n) is 8.29. The van der Waals surface area contributed by atoms with Crippen LogP contribution in [0.3, 0.4) is 0 Å². The predicted molar refractivity (Wildman–Crippen MR) is 101 cm³/mol. The van der Waals surface area contributed by atoms with Gasteiger partial charge in [0.2, 0.25) is 6.79 Å². The van der Waals surface area contributed by atoms with Gasteiger partial charge in [-0.1, -0.05) is 30.3 Å². The van der Waals surface area contributed by atoms with Gasteiger partial charge in [0, 0.05) is 11.8 Å². The second-order valence-electron chi connectivity index (χ2n) is 5.92. The average molecular weight is 383 g/mol.